The van der Waals surface area contributed by atoms with Crippen molar-refractivity contribution in [1.82, 2.24) is 5.32 Å². The Hall–Kier alpha value is -3.21. The zero-order valence-corrected chi connectivity index (χ0v) is 46.0. The summed E-state index contributed by atoms with van der Waals surface area (Å²) in [6.45, 7) is 4.19. The monoisotopic (exact) mass is 968 g/mol. The maximum atomic E-state index is 12.5. The summed E-state index contributed by atoms with van der Waals surface area (Å²) in [5.41, 5.74) is 0. The van der Waals surface area contributed by atoms with E-state index in [1.807, 2.05) is 6.08 Å². The number of amides is 1. The first-order chi connectivity index (χ1) is 34.7. The van der Waals surface area contributed by atoms with Crippen molar-refractivity contribution in [3.8, 4) is 0 Å². The molecule has 0 heterocycles. The minimum absolute atomic E-state index is 0.0815. The van der Waals surface area contributed by atoms with Crippen LogP contribution in [0.4, 0.5) is 0 Å². The summed E-state index contributed by atoms with van der Waals surface area (Å²) < 4.78 is 0. The van der Waals surface area contributed by atoms with Crippen LogP contribution in [0.2, 0.25) is 0 Å². The summed E-state index contributed by atoms with van der Waals surface area (Å²) in [7, 11) is 0. The fourth-order valence-electron chi connectivity index (χ4n) is 8.45. The van der Waals surface area contributed by atoms with Gasteiger partial charge in [-0.15, -0.1) is 0 Å². The highest BCUT2D eigenvalue weighted by molar-refractivity contribution is 5.76. The normalized spacial score (nSPS) is 13.7. The van der Waals surface area contributed by atoms with E-state index < -0.39 is 12.1 Å². The molecule has 0 saturated heterocycles. The number of hydrogen-bond acceptors (Lipinski definition) is 3. The molecule has 2 unspecified atom stereocenters. The molecule has 400 valence electrons. The minimum atomic E-state index is -0.873. The number of allylic oxidation sites excluding steroid dienone is 19. The van der Waals surface area contributed by atoms with E-state index in [9.17, 15) is 15.0 Å². The molecule has 0 radical (unpaired) electrons. The molecule has 0 bridgehead atoms. The topological polar surface area (TPSA) is 69.6 Å². The molecule has 1 amide bonds. The predicted molar refractivity (Wildman–Crippen MR) is 312 cm³/mol. The highest BCUT2D eigenvalue weighted by Crippen LogP contribution is 2.16. The largest absolute Gasteiger partial charge is 0.394 e. The Morgan fingerprint density at radius 3 is 1.00 bits per heavy atom. The number of carbonyl (C=O) groups excluding carboxylic acids is 1. The van der Waals surface area contributed by atoms with Gasteiger partial charge in [-0.1, -0.05) is 289 Å². The third-order valence-corrected chi connectivity index (χ3v) is 12.9. The SMILES string of the molecule is CC/C=C\C/C=C\C/C=C\C/C=C\C/C=C\C/C=C\C/C=C\C/C=C\CCCCCCCCCCCCC(=O)NC(CO)C(O)/C=C/CC/C=C/CCCCCCCCCCCCCCCCCCC. The van der Waals surface area contributed by atoms with E-state index in [0.717, 1.165) is 89.9 Å². The number of aliphatic hydroxyl groups is 2. The van der Waals surface area contributed by atoms with Crippen molar-refractivity contribution in [1.29, 1.82) is 0 Å². The van der Waals surface area contributed by atoms with Gasteiger partial charge in [0.15, 0.2) is 0 Å². The number of hydrogen-bond donors (Lipinski definition) is 3. The molecule has 70 heavy (non-hydrogen) atoms. The summed E-state index contributed by atoms with van der Waals surface area (Å²) in [5.74, 6) is -0.0815. The van der Waals surface area contributed by atoms with E-state index in [4.69, 9.17) is 0 Å². The summed E-state index contributed by atoms with van der Waals surface area (Å²) in [6, 6.07) is -0.651. The van der Waals surface area contributed by atoms with Crippen molar-refractivity contribution >= 4 is 5.91 Å². The predicted octanol–water partition coefficient (Wildman–Crippen LogP) is 20.0. The number of rotatable bonds is 53. The second-order valence-electron chi connectivity index (χ2n) is 19.7. The highest BCUT2D eigenvalue weighted by Gasteiger charge is 2.18. The lowest BCUT2D eigenvalue weighted by molar-refractivity contribution is -0.123. The van der Waals surface area contributed by atoms with Crippen LogP contribution in [0.15, 0.2) is 122 Å². The summed E-state index contributed by atoms with van der Waals surface area (Å²) in [4.78, 5) is 12.5. The van der Waals surface area contributed by atoms with Gasteiger partial charge >= 0.3 is 0 Å². The van der Waals surface area contributed by atoms with Gasteiger partial charge in [0.05, 0.1) is 18.8 Å². The number of aliphatic hydroxyl groups excluding tert-OH is 2. The summed E-state index contributed by atoms with van der Waals surface area (Å²) >= 11 is 0. The smallest absolute Gasteiger partial charge is 0.220 e. The van der Waals surface area contributed by atoms with Crippen LogP contribution in [0.5, 0.6) is 0 Å². The number of unbranched alkanes of at least 4 members (excludes halogenated alkanes) is 28. The molecule has 0 aliphatic heterocycles. The van der Waals surface area contributed by atoms with Crippen LogP contribution >= 0.6 is 0 Å². The van der Waals surface area contributed by atoms with Crippen LogP contribution in [-0.2, 0) is 4.79 Å². The van der Waals surface area contributed by atoms with E-state index in [-0.39, 0.29) is 12.5 Å². The van der Waals surface area contributed by atoms with Crippen LogP contribution < -0.4 is 5.32 Å². The zero-order chi connectivity index (χ0) is 50.6. The van der Waals surface area contributed by atoms with Crippen LogP contribution in [0.25, 0.3) is 0 Å². The second kappa shape index (κ2) is 60.1. The Labute approximate surface area is 435 Å². The van der Waals surface area contributed by atoms with Gasteiger partial charge in [0.25, 0.3) is 0 Å². The van der Waals surface area contributed by atoms with E-state index in [0.29, 0.717) is 6.42 Å². The molecule has 2 atom stereocenters. The molecule has 3 N–H and O–H groups in total. The lowest BCUT2D eigenvalue weighted by atomic mass is 10.0. The van der Waals surface area contributed by atoms with Crippen LogP contribution in [0, 0.1) is 0 Å². The average Bonchev–Trinajstić information content (AvgIpc) is 3.36. The maximum absolute atomic E-state index is 12.5. The molecule has 0 aliphatic rings. The first-order valence-corrected chi connectivity index (χ1v) is 29.7. The first kappa shape index (κ1) is 66.8. The van der Waals surface area contributed by atoms with Gasteiger partial charge in [0.2, 0.25) is 5.91 Å². The number of carbonyl (C=O) groups is 1. The number of nitrogens with one attached hydrogen (secondary N) is 1. The van der Waals surface area contributed by atoms with Gasteiger partial charge in [-0.05, 0) is 96.3 Å². The minimum Gasteiger partial charge on any atom is -0.394 e. The molecule has 0 aromatic heterocycles. The van der Waals surface area contributed by atoms with E-state index in [1.165, 1.54) is 161 Å². The van der Waals surface area contributed by atoms with Gasteiger partial charge in [-0.3, -0.25) is 4.79 Å². The molecule has 0 aliphatic carbocycles. The van der Waals surface area contributed by atoms with E-state index in [1.54, 1.807) is 6.08 Å². The first-order valence-electron chi connectivity index (χ1n) is 29.7. The fourth-order valence-corrected chi connectivity index (χ4v) is 8.45. The average molecular weight is 969 g/mol. The van der Waals surface area contributed by atoms with Gasteiger partial charge in [0, 0.05) is 6.42 Å². The van der Waals surface area contributed by atoms with E-state index >= 15 is 0 Å². The molecular formula is C66H113NO3. The van der Waals surface area contributed by atoms with Crippen molar-refractivity contribution in [3.05, 3.63) is 122 Å². The van der Waals surface area contributed by atoms with Gasteiger partial charge in [0.1, 0.15) is 0 Å². The zero-order valence-electron chi connectivity index (χ0n) is 46.0. The van der Waals surface area contributed by atoms with Crippen molar-refractivity contribution in [2.24, 2.45) is 0 Å². The van der Waals surface area contributed by atoms with Crippen LogP contribution in [0.3, 0.4) is 0 Å². The maximum Gasteiger partial charge on any atom is 0.220 e. The molecule has 0 aromatic rings. The van der Waals surface area contributed by atoms with Gasteiger partial charge in [-0.25, -0.2) is 0 Å². The Morgan fingerprint density at radius 2 is 0.643 bits per heavy atom. The van der Waals surface area contributed by atoms with Crippen molar-refractivity contribution in [2.75, 3.05) is 6.61 Å². The third-order valence-electron chi connectivity index (χ3n) is 12.9. The molecule has 0 saturated carbocycles. The molecule has 0 fully saturated rings. The molecular weight excluding hydrogens is 855 g/mol. The Balaban J connectivity index is 3.61. The van der Waals surface area contributed by atoms with E-state index in [2.05, 4.69) is 129 Å². The Bertz CT molecular complexity index is 1380. The third kappa shape index (κ3) is 55.7. The molecule has 0 aromatic carbocycles. The van der Waals surface area contributed by atoms with Crippen molar-refractivity contribution in [2.45, 2.75) is 283 Å². The second-order valence-corrected chi connectivity index (χ2v) is 19.7. The van der Waals surface area contributed by atoms with Crippen molar-refractivity contribution < 1.29 is 15.0 Å². The molecule has 4 heteroatoms. The van der Waals surface area contributed by atoms with Gasteiger partial charge < -0.3 is 15.5 Å². The quantitative estimate of drug-likeness (QED) is 0.0420. The lowest BCUT2D eigenvalue weighted by Gasteiger charge is -2.19. The Kier molecular flexibility index (Phi) is 57.3. The van der Waals surface area contributed by atoms with Crippen LogP contribution in [0.1, 0.15) is 271 Å². The highest BCUT2D eigenvalue weighted by atomic mass is 16.3. The van der Waals surface area contributed by atoms with Gasteiger partial charge in [-0.2, -0.15) is 0 Å². The lowest BCUT2D eigenvalue weighted by Crippen LogP contribution is -2.45. The summed E-state index contributed by atoms with van der Waals surface area (Å²) in [5, 5.41) is 23.2. The standard InChI is InChI=1S/C66H113NO3/c1-3-5-7-9-11-13-15-17-19-21-23-25-27-28-29-30-31-32-33-34-35-36-37-38-40-42-44-46-48-50-52-54-56-58-60-62-66(70)67-64(63-68)65(69)61-59-57-55-53-51-49-47-45-43-41-39-26-24-22-20-18-16-14-12-10-8-6-4-2/h5,7,11,13,17,19,23,25,28-29,31-32,34-35,37-38,51,53,59,61,64-65,68-69H,3-4,6,8-10,12,14-16,18,20-22,24,26-27,30,33,36,39-50,52,54-58,60,62-63H2,1-2H3,(H,67,70)/b7-5-,13-11-,19-17-,25-23-,29-28-,32-31-,35-34-,38-37-,53-51+,61-59+. The molecule has 0 rings (SSSR count). The Morgan fingerprint density at radius 1 is 0.357 bits per heavy atom. The van der Waals surface area contributed by atoms with Crippen LogP contribution in [-0.4, -0.2) is 34.9 Å². The molecule has 4 nitrogen and oxygen atoms in total. The fraction of sp³-hybridized carbons (Fsp3) is 0.682. The molecule has 0 spiro atoms. The van der Waals surface area contributed by atoms with Crippen molar-refractivity contribution in [3.63, 3.8) is 0 Å². The summed E-state index contributed by atoms with van der Waals surface area (Å²) in [6.07, 6.45) is 92.2.